The molecule has 3 N–H and O–H groups in total. The molecule has 0 aromatic rings. The molecule has 1 aliphatic heterocycles. The number of amides is 2. The van der Waals surface area contributed by atoms with Crippen molar-refractivity contribution in [2.75, 3.05) is 13.1 Å². The molecule has 0 atom stereocenters. The van der Waals surface area contributed by atoms with Gasteiger partial charge in [-0.15, -0.1) is 0 Å². The Bertz CT molecular complexity index is 223. The minimum absolute atomic E-state index is 0.0566. The van der Waals surface area contributed by atoms with Crippen LogP contribution in [0.15, 0.2) is 4.99 Å². The van der Waals surface area contributed by atoms with Gasteiger partial charge in [0, 0.05) is 0 Å². The summed E-state index contributed by atoms with van der Waals surface area (Å²) in [5, 5.41) is 12.6. The monoisotopic (exact) mass is 157 g/mol. The highest BCUT2D eigenvalue weighted by Crippen LogP contribution is 1.84. The molecular weight excluding hydrogens is 150 g/mol. The second-order valence-corrected chi connectivity index (χ2v) is 1.97. The summed E-state index contributed by atoms with van der Waals surface area (Å²) in [7, 11) is 0. The van der Waals surface area contributed by atoms with Crippen LogP contribution in [0.4, 0.5) is 4.79 Å². The minimum atomic E-state index is -1.13. The number of aliphatic imine (C=N–C) groups is 1. The molecule has 6 heteroatoms. The molecule has 0 radical (unpaired) electrons. The predicted molar refractivity (Wildman–Crippen MR) is 36.5 cm³/mol. The van der Waals surface area contributed by atoms with Crippen molar-refractivity contribution in [3.63, 3.8) is 0 Å². The highest BCUT2D eigenvalue weighted by Gasteiger charge is 2.12. The summed E-state index contributed by atoms with van der Waals surface area (Å²) in [6.45, 7) is 0.151. The Labute approximate surface area is 62.3 Å². The fraction of sp³-hybridized carbons (Fsp3) is 0.400. The third kappa shape index (κ3) is 2.24. The lowest BCUT2D eigenvalue weighted by Crippen LogP contribution is -2.35. The molecular formula is C5H7N3O3. The van der Waals surface area contributed by atoms with Gasteiger partial charge in [-0.2, -0.15) is 0 Å². The molecule has 6 nitrogen and oxygen atoms in total. The quantitative estimate of drug-likeness (QED) is 0.469. The summed E-state index contributed by atoms with van der Waals surface area (Å²) in [4.78, 5) is 24.2. The first kappa shape index (κ1) is 7.52. The maximum absolute atomic E-state index is 10.5. The van der Waals surface area contributed by atoms with E-state index in [2.05, 4.69) is 15.6 Å². The summed E-state index contributed by atoms with van der Waals surface area (Å²) in [5.74, 6) is 0.171. The molecule has 1 heterocycles. The van der Waals surface area contributed by atoms with Crippen molar-refractivity contribution in [2.45, 2.75) is 0 Å². The molecule has 0 aliphatic carbocycles. The molecule has 0 aromatic heterocycles. The van der Waals surface area contributed by atoms with Crippen LogP contribution >= 0.6 is 0 Å². The normalized spacial score (nSPS) is 15.6. The van der Waals surface area contributed by atoms with Crippen molar-refractivity contribution in [3.05, 3.63) is 0 Å². The summed E-state index contributed by atoms with van der Waals surface area (Å²) >= 11 is 0. The van der Waals surface area contributed by atoms with Gasteiger partial charge in [-0.05, 0) is 0 Å². The molecule has 60 valence electrons. The summed E-state index contributed by atoms with van der Waals surface area (Å²) in [6.07, 6.45) is -1.13. The number of amidine groups is 1. The fourth-order valence-electron chi connectivity index (χ4n) is 0.667. The SMILES string of the molecule is O=C(O)NCC1=NCC(=O)N1. The first-order valence-corrected chi connectivity index (χ1v) is 2.98. The Kier molecular flexibility index (Phi) is 2.05. The van der Waals surface area contributed by atoms with E-state index in [9.17, 15) is 9.59 Å². The van der Waals surface area contributed by atoms with Gasteiger partial charge in [-0.3, -0.25) is 9.79 Å². The first-order valence-electron chi connectivity index (χ1n) is 2.98. The van der Waals surface area contributed by atoms with Gasteiger partial charge < -0.3 is 15.7 Å². The van der Waals surface area contributed by atoms with Crippen molar-refractivity contribution in [1.82, 2.24) is 10.6 Å². The largest absolute Gasteiger partial charge is 0.465 e. The summed E-state index contributed by atoms with van der Waals surface area (Å²) < 4.78 is 0. The molecule has 0 bridgehead atoms. The standard InChI is InChI=1S/C5H7N3O3/c9-4-2-6-3(8-4)1-7-5(10)11/h7H,1-2H2,(H,10,11)(H,6,8,9). The van der Waals surface area contributed by atoms with E-state index in [1.807, 2.05) is 0 Å². The van der Waals surface area contributed by atoms with Crippen molar-refractivity contribution >= 4 is 17.8 Å². The molecule has 0 saturated carbocycles. The lowest BCUT2D eigenvalue weighted by molar-refractivity contribution is -0.117. The van der Waals surface area contributed by atoms with Crippen LogP contribution < -0.4 is 10.6 Å². The Morgan fingerprint density at radius 1 is 1.82 bits per heavy atom. The van der Waals surface area contributed by atoms with E-state index in [0.29, 0.717) is 5.84 Å². The van der Waals surface area contributed by atoms with Gasteiger partial charge in [0.05, 0.1) is 6.54 Å². The van der Waals surface area contributed by atoms with Gasteiger partial charge >= 0.3 is 6.09 Å². The van der Waals surface area contributed by atoms with E-state index in [1.54, 1.807) is 0 Å². The van der Waals surface area contributed by atoms with E-state index >= 15 is 0 Å². The van der Waals surface area contributed by atoms with Gasteiger partial charge in [0.1, 0.15) is 12.4 Å². The van der Waals surface area contributed by atoms with Crippen LogP contribution in [-0.4, -0.2) is 36.0 Å². The number of nitrogens with zero attached hydrogens (tertiary/aromatic N) is 1. The Morgan fingerprint density at radius 2 is 2.55 bits per heavy atom. The molecule has 0 aromatic carbocycles. The van der Waals surface area contributed by atoms with Crippen LogP contribution in [0, 0.1) is 0 Å². The minimum Gasteiger partial charge on any atom is -0.465 e. The lowest BCUT2D eigenvalue weighted by atomic mass is 10.6. The third-order valence-electron chi connectivity index (χ3n) is 1.10. The van der Waals surface area contributed by atoms with Gasteiger partial charge in [0.2, 0.25) is 5.91 Å². The molecule has 11 heavy (non-hydrogen) atoms. The number of hydrogen-bond donors (Lipinski definition) is 3. The van der Waals surface area contributed by atoms with Crippen LogP contribution in [0.3, 0.4) is 0 Å². The van der Waals surface area contributed by atoms with E-state index in [-0.39, 0.29) is 19.0 Å². The van der Waals surface area contributed by atoms with Crippen LogP contribution in [0.5, 0.6) is 0 Å². The first-order chi connectivity index (χ1) is 5.18. The van der Waals surface area contributed by atoms with Crippen LogP contribution in [0.1, 0.15) is 0 Å². The number of hydrogen-bond acceptors (Lipinski definition) is 3. The van der Waals surface area contributed by atoms with E-state index in [4.69, 9.17) is 5.11 Å². The second-order valence-electron chi connectivity index (χ2n) is 1.97. The predicted octanol–water partition coefficient (Wildman–Crippen LogP) is -1.22. The van der Waals surface area contributed by atoms with Crippen LogP contribution in [0.2, 0.25) is 0 Å². The Balaban J connectivity index is 2.28. The molecule has 0 unspecified atom stereocenters. The maximum Gasteiger partial charge on any atom is 0.405 e. The van der Waals surface area contributed by atoms with Gasteiger partial charge in [0.15, 0.2) is 0 Å². The molecule has 1 aliphatic rings. The fourth-order valence-corrected chi connectivity index (χ4v) is 0.667. The lowest BCUT2D eigenvalue weighted by Gasteiger charge is -1.99. The molecule has 0 spiro atoms. The van der Waals surface area contributed by atoms with Crippen molar-refractivity contribution < 1.29 is 14.7 Å². The summed E-state index contributed by atoms with van der Waals surface area (Å²) in [6, 6.07) is 0. The molecule has 0 saturated heterocycles. The number of carboxylic acid groups (broad SMARTS) is 1. The second kappa shape index (κ2) is 3.00. The highest BCUT2D eigenvalue weighted by molar-refractivity contribution is 6.05. The Morgan fingerprint density at radius 3 is 3.00 bits per heavy atom. The van der Waals surface area contributed by atoms with Crippen molar-refractivity contribution in [3.8, 4) is 0 Å². The Hall–Kier alpha value is -1.59. The van der Waals surface area contributed by atoms with Crippen LogP contribution in [0.25, 0.3) is 0 Å². The summed E-state index contributed by atoms with van der Waals surface area (Å²) in [5.41, 5.74) is 0. The van der Waals surface area contributed by atoms with Crippen molar-refractivity contribution in [1.29, 1.82) is 0 Å². The number of nitrogens with one attached hydrogen (secondary N) is 2. The average Bonchev–Trinajstić information content (AvgIpc) is 2.31. The topological polar surface area (TPSA) is 90.8 Å². The molecule has 2 amide bonds. The zero-order chi connectivity index (χ0) is 8.27. The van der Waals surface area contributed by atoms with Crippen LogP contribution in [-0.2, 0) is 4.79 Å². The molecule has 0 fully saturated rings. The van der Waals surface area contributed by atoms with E-state index < -0.39 is 6.09 Å². The van der Waals surface area contributed by atoms with Crippen molar-refractivity contribution in [2.24, 2.45) is 4.99 Å². The van der Waals surface area contributed by atoms with E-state index in [1.165, 1.54) is 0 Å². The number of carbonyl (C=O) groups is 2. The van der Waals surface area contributed by atoms with Gasteiger partial charge in [0.25, 0.3) is 0 Å². The van der Waals surface area contributed by atoms with Gasteiger partial charge in [-0.1, -0.05) is 0 Å². The maximum atomic E-state index is 10.5. The average molecular weight is 157 g/mol. The number of rotatable bonds is 2. The van der Waals surface area contributed by atoms with E-state index in [0.717, 1.165) is 0 Å². The molecule has 1 rings (SSSR count). The smallest absolute Gasteiger partial charge is 0.405 e. The van der Waals surface area contributed by atoms with Gasteiger partial charge in [-0.25, -0.2) is 4.79 Å². The highest BCUT2D eigenvalue weighted by atomic mass is 16.4. The number of carbonyl (C=O) groups excluding carboxylic acids is 1. The zero-order valence-corrected chi connectivity index (χ0v) is 5.63. The zero-order valence-electron chi connectivity index (χ0n) is 5.63. The third-order valence-corrected chi connectivity index (χ3v) is 1.10.